The Morgan fingerprint density at radius 1 is 0.957 bits per heavy atom. The smallest absolute Gasteiger partial charge is 0.409 e. The van der Waals surface area contributed by atoms with Crippen LogP contribution in [0.25, 0.3) is 0 Å². The first-order valence-corrected chi connectivity index (χ1v) is 9.09. The minimum atomic E-state index is -0.268. The Labute approximate surface area is 138 Å². The number of urea groups is 1. The summed E-state index contributed by atoms with van der Waals surface area (Å²) in [5, 5.41) is 3.20. The van der Waals surface area contributed by atoms with Gasteiger partial charge in [-0.2, -0.15) is 0 Å². The number of hydrogen-bond acceptors (Lipinski definition) is 3. The summed E-state index contributed by atoms with van der Waals surface area (Å²) < 4.78 is 4.75. The van der Waals surface area contributed by atoms with Crippen molar-refractivity contribution in [2.75, 3.05) is 26.7 Å². The van der Waals surface area contributed by atoms with Gasteiger partial charge in [0.25, 0.3) is 0 Å². The summed E-state index contributed by atoms with van der Waals surface area (Å²) in [6.07, 6.45) is 8.86. The third-order valence-corrected chi connectivity index (χ3v) is 5.76. The minimum absolute atomic E-state index is 0.107. The van der Waals surface area contributed by atoms with Gasteiger partial charge in [-0.1, -0.05) is 12.8 Å². The van der Waals surface area contributed by atoms with E-state index < -0.39 is 0 Å². The third-order valence-electron chi connectivity index (χ3n) is 5.76. The van der Waals surface area contributed by atoms with Crippen molar-refractivity contribution in [1.82, 2.24) is 15.1 Å². The number of nitrogens with zero attached hydrogens (tertiary/aromatic N) is 2. The second-order valence-corrected chi connectivity index (χ2v) is 7.13. The van der Waals surface area contributed by atoms with Crippen LogP contribution in [0.15, 0.2) is 0 Å². The van der Waals surface area contributed by atoms with Gasteiger partial charge < -0.3 is 19.9 Å². The Kier molecular flexibility index (Phi) is 5.28. The zero-order valence-electron chi connectivity index (χ0n) is 14.1. The first-order valence-electron chi connectivity index (χ1n) is 9.09. The van der Waals surface area contributed by atoms with Crippen LogP contribution in [0.1, 0.15) is 51.4 Å². The first kappa shape index (κ1) is 16.4. The highest BCUT2D eigenvalue weighted by molar-refractivity contribution is 5.75. The number of ether oxygens (including phenoxy) is 1. The topological polar surface area (TPSA) is 61.9 Å². The number of carbonyl (C=O) groups is 2. The highest BCUT2D eigenvalue weighted by Crippen LogP contribution is 2.35. The van der Waals surface area contributed by atoms with E-state index in [1.54, 1.807) is 4.90 Å². The molecule has 3 aliphatic rings. The number of methoxy groups -OCH3 is 1. The summed E-state index contributed by atoms with van der Waals surface area (Å²) in [7, 11) is 1.41. The van der Waals surface area contributed by atoms with Crippen molar-refractivity contribution in [1.29, 1.82) is 0 Å². The number of hydrogen-bond donors (Lipinski definition) is 1. The lowest BCUT2D eigenvalue weighted by Crippen LogP contribution is -2.52. The lowest BCUT2D eigenvalue weighted by atomic mass is 9.96. The van der Waals surface area contributed by atoms with Gasteiger partial charge in [-0.05, 0) is 44.4 Å². The quantitative estimate of drug-likeness (QED) is 0.849. The third kappa shape index (κ3) is 3.72. The van der Waals surface area contributed by atoms with Gasteiger partial charge in [-0.15, -0.1) is 0 Å². The van der Waals surface area contributed by atoms with E-state index in [2.05, 4.69) is 10.2 Å². The van der Waals surface area contributed by atoms with Gasteiger partial charge >= 0.3 is 12.1 Å². The number of carbonyl (C=O) groups excluding carboxylic acids is 2. The Hall–Kier alpha value is -1.46. The predicted molar refractivity (Wildman–Crippen MR) is 87.2 cm³/mol. The van der Waals surface area contributed by atoms with Crippen molar-refractivity contribution in [3.63, 3.8) is 0 Å². The number of piperidine rings is 1. The molecule has 0 aromatic heterocycles. The van der Waals surface area contributed by atoms with Gasteiger partial charge in [0.1, 0.15) is 0 Å². The van der Waals surface area contributed by atoms with E-state index in [9.17, 15) is 9.59 Å². The molecule has 1 N–H and O–H groups in total. The molecule has 1 unspecified atom stereocenters. The van der Waals surface area contributed by atoms with Crippen LogP contribution in [0, 0.1) is 5.92 Å². The zero-order valence-corrected chi connectivity index (χ0v) is 14.1. The molecule has 1 aliphatic carbocycles. The molecule has 3 amide bonds. The van der Waals surface area contributed by atoms with Crippen LogP contribution in [0.5, 0.6) is 0 Å². The van der Waals surface area contributed by atoms with Gasteiger partial charge in [0, 0.05) is 31.7 Å². The minimum Gasteiger partial charge on any atom is -0.453 e. The van der Waals surface area contributed by atoms with Gasteiger partial charge in [0.05, 0.1) is 7.11 Å². The number of rotatable bonds is 2. The summed E-state index contributed by atoms with van der Waals surface area (Å²) in [5.41, 5.74) is 0. The van der Waals surface area contributed by atoms with Gasteiger partial charge in [-0.3, -0.25) is 0 Å². The molecule has 2 aliphatic heterocycles. The summed E-state index contributed by atoms with van der Waals surface area (Å²) in [4.78, 5) is 28.0. The Morgan fingerprint density at radius 3 is 2.30 bits per heavy atom. The van der Waals surface area contributed by atoms with E-state index in [-0.39, 0.29) is 18.2 Å². The maximum Gasteiger partial charge on any atom is 0.409 e. The van der Waals surface area contributed by atoms with Gasteiger partial charge in [-0.25, -0.2) is 9.59 Å². The molecule has 2 heterocycles. The zero-order chi connectivity index (χ0) is 16.2. The van der Waals surface area contributed by atoms with E-state index in [0.717, 1.165) is 25.8 Å². The standard InChI is InChI=1S/C17H29N3O3/c1-23-17(22)19-11-8-14(9-12-19)18-16(21)20-10-4-7-15(20)13-5-2-3-6-13/h13-15H,2-12H2,1H3,(H,18,21). The van der Waals surface area contributed by atoms with E-state index in [4.69, 9.17) is 4.74 Å². The van der Waals surface area contributed by atoms with Crippen molar-refractivity contribution in [3.8, 4) is 0 Å². The molecule has 130 valence electrons. The van der Waals surface area contributed by atoms with Crippen molar-refractivity contribution in [2.24, 2.45) is 5.92 Å². The Balaban J connectivity index is 1.48. The fraction of sp³-hybridized carbons (Fsp3) is 0.882. The van der Waals surface area contributed by atoms with Crippen LogP contribution in [-0.2, 0) is 4.74 Å². The maximum atomic E-state index is 12.7. The molecular formula is C17H29N3O3. The second-order valence-electron chi connectivity index (χ2n) is 7.13. The molecular weight excluding hydrogens is 294 g/mol. The van der Waals surface area contributed by atoms with Crippen molar-refractivity contribution in [2.45, 2.75) is 63.5 Å². The molecule has 0 aromatic carbocycles. The van der Waals surface area contributed by atoms with E-state index in [1.165, 1.54) is 39.2 Å². The molecule has 23 heavy (non-hydrogen) atoms. The van der Waals surface area contributed by atoms with Crippen molar-refractivity contribution >= 4 is 12.1 Å². The Bertz CT molecular complexity index is 429. The molecule has 6 nitrogen and oxygen atoms in total. The number of amides is 3. The van der Waals surface area contributed by atoms with Crippen LogP contribution in [-0.4, -0.2) is 60.8 Å². The normalized spacial score (nSPS) is 26.6. The first-order chi connectivity index (χ1) is 11.2. The lowest BCUT2D eigenvalue weighted by Gasteiger charge is -2.34. The average Bonchev–Trinajstić information content (AvgIpc) is 3.25. The van der Waals surface area contributed by atoms with E-state index in [1.807, 2.05) is 0 Å². The van der Waals surface area contributed by atoms with Crippen LogP contribution in [0.4, 0.5) is 9.59 Å². The van der Waals surface area contributed by atoms with Crippen molar-refractivity contribution in [3.05, 3.63) is 0 Å². The van der Waals surface area contributed by atoms with E-state index >= 15 is 0 Å². The number of nitrogens with one attached hydrogen (secondary N) is 1. The van der Waals surface area contributed by atoms with Crippen LogP contribution < -0.4 is 5.32 Å². The largest absolute Gasteiger partial charge is 0.453 e. The fourth-order valence-electron chi connectivity index (χ4n) is 4.47. The number of likely N-dealkylation sites (tertiary alicyclic amines) is 2. The summed E-state index contributed by atoms with van der Waals surface area (Å²) in [6, 6.07) is 0.733. The molecule has 2 saturated heterocycles. The Morgan fingerprint density at radius 2 is 1.65 bits per heavy atom. The van der Waals surface area contributed by atoms with Crippen LogP contribution >= 0.6 is 0 Å². The van der Waals surface area contributed by atoms with E-state index in [0.29, 0.717) is 25.0 Å². The van der Waals surface area contributed by atoms with Gasteiger partial charge in [0.15, 0.2) is 0 Å². The predicted octanol–water partition coefficient (Wildman–Crippen LogP) is 2.58. The molecule has 0 aromatic rings. The molecule has 1 saturated carbocycles. The average molecular weight is 323 g/mol. The summed E-state index contributed by atoms with van der Waals surface area (Å²) in [5.74, 6) is 0.712. The second kappa shape index (κ2) is 7.41. The summed E-state index contributed by atoms with van der Waals surface area (Å²) >= 11 is 0. The highest BCUT2D eigenvalue weighted by atomic mass is 16.5. The molecule has 6 heteroatoms. The molecule has 1 atom stereocenters. The maximum absolute atomic E-state index is 12.7. The molecule has 3 rings (SSSR count). The van der Waals surface area contributed by atoms with Crippen LogP contribution in [0.2, 0.25) is 0 Å². The molecule has 0 radical (unpaired) electrons. The van der Waals surface area contributed by atoms with Crippen LogP contribution in [0.3, 0.4) is 0 Å². The molecule has 3 fully saturated rings. The molecule has 0 spiro atoms. The fourth-order valence-corrected chi connectivity index (χ4v) is 4.47. The monoisotopic (exact) mass is 323 g/mol. The SMILES string of the molecule is COC(=O)N1CCC(NC(=O)N2CCCC2C2CCCC2)CC1. The van der Waals surface area contributed by atoms with Crippen molar-refractivity contribution < 1.29 is 14.3 Å². The molecule has 0 bridgehead atoms. The lowest BCUT2D eigenvalue weighted by molar-refractivity contribution is 0.109. The highest BCUT2D eigenvalue weighted by Gasteiger charge is 2.36. The summed E-state index contributed by atoms with van der Waals surface area (Å²) in [6.45, 7) is 2.21. The van der Waals surface area contributed by atoms with Gasteiger partial charge in [0.2, 0.25) is 0 Å².